The van der Waals surface area contributed by atoms with E-state index in [1.165, 1.54) is 0 Å². The molecule has 0 aliphatic carbocycles. The molecule has 1 aromatic carbocycles. The first-order valence-corrected chi connectivity index (χ1v) is 6.80. The Labute approximate surface area is 119 Å². The Balaban J connectivity index is 2.40. The molecule has 2 rings (SSSR count). The summed E-state index contributed by atoms with van der Waals surface area (Å²) in [5, 5.41) is 10.3. The lowest BCUT2D eigenvalue weighted by atomic mass is 10.2. The minimum Gasteiger partial charge on any atom is -0.458 e. The third-order valence-corrected chi connectivity index (χ3v) is 3.54. The van der Waals surface area contributed by atoms with Gasteiger partial charge >= 0.3 is 0 Å². The van der Waals surface area contributed by atoms with Crippen LogP contribution in [-0.2, 0) is 0 Å². The Morgan fingerprint density at radius 1 is 1.35 bits per heavy atom. The number of benzene rings is 1. The van der Waals surface area contributed by atoms with Crippen LogP contribution >= 0.6 is 34.2 Å². The van der Waals surface area contributed by atoms with Gasteiger partial charge in [0.2, 0.25) is 0 Å². The summed E-state index contributed by atoms with van der Waals surface area (Å²) in [5.74, 6) is 1.27. The zero-order chi connectivity index (χ0) is 12.4. The summed E-state index contributed by atoms with van der Waals surface area (Å²) in [6.07, 6.45) is 0.0813. The van der Waals surface area contributed by atoms with Crippen molar-refractivity contribution in [1.29, 1.82) is 0 Å². The summed E-state index contributed by atoms with van der Waals surface area (Å²) in [6.45, 7) is 1.91. The summed E-state index contributed by atoms with van der Waals surface area (Å²) in [6, 6.07) is 9.38. The number of rotatable bonds is 3. The van der Waals surface area contributed by atoms with Gasteiger partial charge in [0.1, 0.15) is 17.6 Å². The van der Waals surface area contributed by atoms with Crippen molar-refractivity contribution in [2.75, 3.05) is 0 Å². The topological polar surface area (TPSA) is 33.4 Å². The van der Waals surface area contributed by atoms with Crippen molar-refractivity contribution in [1.82, 2.24) is 0 Å². The maximum absolute atomic E-state index is 9.69. The van der Waals surface area contributed by atoms with E-state index in [9.17, 15) is 5.11 Å². The van der Waals surface area contributed by atoms with Crippen LogP contribution in [-0.4, -0.2) is 5.11 Å². The monoisotopic (exact) mass is 362 g/mol. The molecule has 0 fully saturated rings. The first-order valence-electron chi connectivity index (χ1n) is 5.35. The van der Waals surface area contributed by atoms with E-state index in [4.69, 9.17) is 16.0 Å². The van der Waals surface area contributed by atoms with Gasteiger partial charge in [-0.2, -0.15) is 0 Å². The number of halogens is 2. The molecule has 0 saturated heterocycles. The van der Waals surface area contributed by atoms with E-state index in [2.05, 4.69) is 22.6 Å². The lowest BCUT2D eigenvalue weighted by molar-refractivity contribution is 0.147. The number of aliphatic hydroxyl groups excluding tert-OH is 1. The molecule has 1 heterocycles. The number of hydrogen-bond donors (Lipinski definition) is 1. The quantitative estimate of drug-likeness (QED) is 0.807. The third kappa shape index (κ3) is 2.84. The highest BCUT2D eigenvalue weighted by atomic mass is 127. The van der Waals surface area contributed by atoms with Gasteiger partial charge in [-0.1, -0.05) is 18.5 Å². The largest absolute Gasteiger partial charge is 0.458 e. The number of aliphatic hydroxyl groups is 1. The summed E-state index contributed by atoms with van der Waals surface area (Å²) >= 11 is 8.35. The van der Waals surface area contributed by atoms with Crippen LogP contribution in [0.15, 0.2) is 34.7 Å². The average molecular weight is 363 g/mol. The van der Waals surface area contributed by atoms with E-state index in [0.29, 0.717) is 23.0 Å². The molecule has 2 aromatic rings. The van der Waals surface area contributed by atoms with Crippen LogP contribution in [0, 0.1) is 3.57 Å². The fourth-order valence-corrected chi connectivity index (χ4v) is 2.27. The normalized spacial score (nSPS) is 12.7. The van der Waals surface area contributed by atoms with Gasteiger partial charge in [-0.3, -0.25) is 0 Å². The first-order chi connectivity index (χ1) is 8.11. The first kappa shape index (κ1) is 12.9. The van der Waals surface area contributed by atoms with Crippen molar-refractivity contribution < 1.29 is 9.52 Å². The van der Waals surface area contributed by atoms with Crippen molar-refractivity contribution in [3.8, 4) is 11.3 Å². The molecule has 1 atom stereocenters. The van der Waals surface area contributed by atoms with Crippen LogP contribution in [0.25, 0.3) is 11.3 Å². The van der Waals surface area contributed by atoms with Gasteiger partial charge in [-0.15, -0.1) is 0 Å². The minimum absolute atomic E-state index is 0.551. The lowest BCUT2D eigenvalue weighted by Gasteiger charge is -2.04. The predicted octanol–water partition coefficient (Wildman–Crippen LogP) is 4.65. The molecule has 90 valence electrons. The molecule has 0 radical (unpaired) electrons. The van der Waals surface area contributed by atoms with E-state index >= 15 is 0 Å². The smallest absolute Gasteiger partial charge is 0.135 e. The number of furan rings is 1. The predicted molar refractivity (Wildman–Crippen MR) is 77.1 cm³/mol. The highest BCUT2D eigenvalue weighted by Gasteiger charge is 2.13. The van der Waals surface area contributed by atoms with Gasteiger partial charge in [0.05, 0.1) is 5.02 Å². The van der Waals surface area contributed by atoms with Crippen molar-refractivity contribution in [3.05, 3.63) is 44.7 Å². The molecule has 1 N–H and O–H groups in total. The second-order valence-electron chi connectivity index (χ2n) is 3.75. The van der Waals surface area contributed by atoms with E-state index in [0.717, 1.165) is 9.13 Å². The van der Waals surface area contributed by atoms with Gasteiger partial charge in [-0.05, 0) is 59.3 Å². The van der Waals surface area contributed by atoms with Crippen molar-refractivity contribution in [2.45, 2.75) is 19.4 Å². The maximum atomic E-state index is 9.69. The van der Waals surface area contributed by atoms with Crippen molar-refractivity contribution in [3.63, 3.8) is 0 Å². The molecule has 1 unspecified atom stereocenters. The van der Waals surface area contributed by atoms with E-state index < -0.39 is 6.10 Å². The van der Waals surface area contributed by atoms with E-state index in [-0.39, 0.29) is 0 Å². The van der Waals surface area contributed by atoms with E-state index in [1.54, 1.807) is 6.07 Å². The van der Waals surface area contributed by atoms with Gasteiger partial charge < -0.3 is 9.52 Å². The van der Waals surface area contributed by atoms with Crippen LogP contribution in [0.1, 0.15) is 25.2 Å². The van der Waals surface area contributed by atoms with Gasteiger partial charge in [0.15, 0.2) is 0 Å². The Hall–Kier alpha value is -0.520. The molecular weight excluding hydrogens is 350 g/mol. The van der Waals surface area contributed by atoms with Gasteiger partial charge in [0.25, 0.3) is 0 Å². The second-order valence-corrected chi connectivity index (χ2v) is 5.40. The fourth-order valence-electron chi connectivity index (χ4n) is 1.56. The Kier molecular flexibility index (Phi) is 4.12. The molecule has 4 heteroatoms. The summed E-state index contributed by atoms with van der Waals surface area (Å²) in [7, 11) is 0. The molecule has 1 aromatic heterocycles. The summed E-state index contributed by atoms with van der Waals surface area (Å²) < 4.78 is 6.71. The third-order valence-electron chi connectivity index (χ3n) is 2.54. The highest BCUT2D eigenvalue weighted by molar-refractivity contribution is 14.1. The highest BCUT2D eigenvalue weighted by Crippen LogP contribution is 2.32. The van der Waals surface area contributed by atoms with Crippen LogP contribution in [0.2, 0.25) is 5.02 Å². The van der Waals surface area contributed by atoms with Gasteiger partial charge in [0, 0.05) is 9.13 Å². The lowest BCUT2D eigenvalue weighted by Crippen LogP contribution is -1.91. The van der Waals surface area contributed by atoms with E-state index in [1.807, 2.05) is 31.2 Å². The van der Waals surface area contributed by atoms with Crippen LogP contribution in [0.5, 0.6) is 0 Å². The molecule has 0 bridgehead atoms. The molecule has 0 amide bonds. The molecule has 0 spiro atoms. The summed E-state index contributed by atoms with van der Waals surface area (Å²) in [5.41, 5.74) is 0.855. The summed E-state index contributed by atoms with van der Waals surface area (Å²) in [4.78, 5) is 0. The molecule has 0 aliphatic rings. The molecular formula is C13H12ClIO2. The van der Waals surface area contributed by atoms with Crippen LogP contribution in [0.3, 0.4) is 0 Å². The van der Waals surface area contributed by atoms with Crippen LogP contribution < -0.4 is 0 Å². The zero-order valence-corrected chi connectivity index (χ0v) is 12.2. The minimum atomic E-state index is -0.551. The molecule has 2 nitrogen and oxygen atoms in total. The molecule has 0 saturated carbocycles. The van der Waals surface area contributed by atoms with Crippen molar-refractivity contribution in [2.24, 2.45) is 0 Å². The number of hydrogen-bond acceptors (Lipinski definition) is 2. The molecule has 17 heavy (non-hydrogen) atoms. The van der Waals surface area contributed by atoms with Gasteiger partial charge in [-0.25, -0.2) is 0 Å². The zero-order valence-electron chi connectivity index (χ0n) is 9.28. The average Bonchev–Trinajstić information content (AvgIpc) is 2.80. The Morgan fingerprint density at radius 2 is 2.12 bits per heavy atom. The second kappa shape index (κ2) is 5.42. The van der Waals surface area contributed by atoms with Crippen molar-refractivity contribution >= 4 is 34.2 Å². The Morgan fingerprint density at radius 3 is 2.82 bits per heavy atom. The van der Waals surface area contributed by atoms with Crippen LogP contribution in [0.4, 0.5) is 0 Å². The fraction of sp³-hybridized carbons (Fsp3) is 0.231. The maximum Gasteiger partial charge on any atom is 0.135 e. The standard InChI is InChI=1S/C13H12ClIO2/c1-2-11(16)13-6-5-12(17-13)9-7-8(15)3-4-10(9)14/h3-7,11,16H,2H2,1H3. The SMILES string of the molecule is CCC(O)c1ccc(-c2cc(I)ccc2Cl)o1. The molecule has 0 aliphatic heterocycles. The Bertz CT molecular complexity index is 522.